The van der Waals surface area contributed by atoms with E-state index < -0.39 is 12.0 Å². The number of rotatable bonds is 7. The van der Waals surface area contributed by atoms with E-state index in [0.717, 1.165) is 12.8 Å². The minimum atomic E-state index is -0.971. The van der Waals surface area contributed by atoms with Gasteiger partial charge in [0.05, 0.1) is 0 Å². The maximum Gasteiger partial charge on any atom is 0.326 e. The predicted molar refractivity (Wildman–Crippen MR) is 78.6 cm³/mol. The molecule has 0 radical (unpaired) electrons. The van der Waals surface area contributed by atoms with Crippen molar-refractivity contribution in [3.8, 4) is 0 Å². The lowest BCUT2D eigenvalue weighted by Gasteiger charge is -2.23. The third-order valence-corrected chi connectivity index (χ3v) is 4.33. The number of carboxylic acids is 1. The summed E-state index contributed by atoms with van der Waals surface area (Å²) >= 11 is 0. The number of urea groups is 1. The van der Waals surface area contributed by atoms with Crippen molar-refractivity contribution in [1.82, 2.24) is 10.6 Å². The highest BCUT2D eigenvalue weighted by Gasteiger charge is 2.25. The summed E-state index contributed by atoms with van der Waals surface area (Å²) in [6, 6.07) is -1.18. The zero-order valence-electron chi connectivity index (χ0n) is 12.7. The first kappa shape index (κ1) is 16.8. The van der Waals surface area contributed by atoms with Gasteiger partial charge in [-0.1, -0.05) is 52.4 Å². The summed E-state index contributed by atoms with van der Waals surface area (Å²) in [5, 5.41) is 14.4. The molecule has 0 aromatic rings. The molecule has 20 heavy (non-hydrogen) atoms. The van der Waals surface area contributed by atoms with Gasteiger partial charge in [0.25, 0.3) is 0 Å². The van der Waals surface area contributed by atoms with Gasteiger partial charge in [0.15, 0.2) is 0 Å². The zero-order valence-corrected chi connectivity index (χ0v) is 12.7. The monoisotopic (exact) mass is 284 g/mol. The van der Waals surface area contributed by atoms with E-state index >= 15 is 0 Å². The molecule has 1 saturated carbocycles. The van der Waals surface area contributed by atoms with Crippen LogP contribution in [0.2, 0.25) is 0 Å². The molecule has 0 aromatic heterocycles. The number of hydrogen-bond acceptors (Lipinski definition) is 2. The van der Waals surface area contributed by atoms with Gasteiger partial charge in [-0.15, -0.1) is 0 Å². The first-order chi connectivity index (χ1) is 9.54. The molecule has 5 heteroatoms. The number of carbonyl (C=O) groups excluding carboxylic acids is 1. The van der Waals surface area contributed by atoms with E-state index in [1.165, 1.54) is 32.1 Å². The highest BCUT2D eigenvalue weighted by Crippen LogP contribution is 2.25. The summed E-state index contributed by atoms with van der Waals surface area (Å²) in [6.07, 6.45) is 8.16. The number of aliphatic carboxylic acids is 1. The smallest absolute Gasteiger partial charge is 0.326 e. The summed E-state index contributed by atoms with van der Waals surface area (Å²) in [7, 11) is 0. The Kier molecular flexibility index (Phi) is 7.41. The van der Waals surface area contributed by atoms with Crippen molar-refractivity contribution in [3.63, 3.8) is 0 Å². The van der Waals surface area contributed by atoms with Crippen LogP contribution in [0, 0.1) is 11.8 Å². The lowest BCUT2D eigenvalue weighted by molar-refractivity contribution is -0.140. The molecule has 0 saturated heterocycles. The Morgan fingerprint density at radius 1 is 1.25 bits per heavy atom. The second kappa shape index (κ2) is 8.82. The van der Waals surface area contributed by atoms with E-state index in [1.54, 1.807) is 0 Å². The predicted octanol–water partition coefficient (Wildman–Crippen LogP) is 2.76. The van der Waals surface area contributed by atoms with Gasteiger partial charge in [-0.3, -0.25) is 0 Å². The molecule has 116 valence electrons. The van der Waals surface area contributed by atoms with Crippen LogP contribution in [0.5, 0.6) is 0 Å². The van der Waals surface area contributed by atoms with Gasteiger partial charge in [-0.05, 0) is 18.3 Å². The largest absolute Gasteiger partial charge is 0.480 e. The van der Waals surface area contributed by atoms with E-state index in [-0.39, 0.29) is 11.9 Å². The third-order valence-electron chi connectivity index (χ3n) is 4.33. The van der Waals surface area contributed by atoms with Gasteiger partial charge in [0.2, 0.25) is 0 Å². The summed E-state index contributed by atoms with van der Waals surface area (Å²) in [4.78, 5) is 22.8. The first-order valence-electron chi connectivity index (χ1n) is 7.81. The molecular formula is C15H28N2O3. The van der Waals surface area contributed by atoms with Crippen molar-refractivity contribution in [2.24, 2.45) is 11.8 Å². The topological polar surface area (TPSA) is 78.4 Å². The number of hydrogen-bond donors (Lipinski definition) is 3. The average molecular weight is 284 g/mol. The van der Waals surface area contributed by atoms with Crippen LogP contribution in [0.3, 0.4) is 0 Å². The fourth-order valence-electron chi connectivity index (χ4n) is 2.74. The third kappa shape index (κ3) is 5.80. The Hall–Kier alpha value is -1.26. The Labute approximate surface area is 121 Å². The molecule has 2 unspecified atom stereocenters. The van der Waals surface area contributed by atoms with Gasteiger partial charge < -0.3 is 15.7 Å². The molecule has 5 nitrogen and oxygen atoms in total. The molecule has 0 spiro atoms. The lowest BCUT2D eigenvalue weighted by Crippen LogP contribution is -2.49. The Morgan fingerprint density at radius 2 is 1.90 bits per heavy atom. The van der Waals surface area contributed by atoms with Gasteiger partial charge >= 0.3 is 12.0 Å². The highest BCUT2D eigenvalue weighted by molar-refractivity contribution is 5.82. The lowest BCUT2D eigenvalue weighted by atomic mass is 9.87. The summed E-state index contributed by atoms with van der Waals surface area (Å²) in [5.41, 5.74) is 0. The standard InChI is InChI=1S/C15H28N2O3/c1-3-11(2)13(14(18)19)17-15(20)16-10-9-12-7-5-4-6-8-12/h11-13H,3-10H2,1-2H3,(H,18,19)(H2,16,17,20). The van der Waals surface area contributed by atoms with Crippen LogP contribution in [0.1, 0.15) is 58.8 Å². The molecule has 0 aliphatic heterocycles. The number of carboxylic acid groups (broad SMARTS) is 1. The maximum absolute atomic E-state index is 11.7. The van der Waals surface area contributed by atoms with Crippen LogP contribution >= 0.6 is 0 Å². The van der Waals surface area contributed by atoms with Gasteiger partial charge in [0, 0.05) is 6.54 Å². The maximum atomic E-state index is 11.7. The van der Waals surface area contributed by atoms with Crippen LogP contribution in [0.15, 0.2) is 0 Å². The zero-order chi connectivity index (χ0) is 15.0. The van der Waals surface area contributed by atoms with Gasteiger partial charge in [-0.2, -0.15) is 0 Å². The van der Waals surface area contributed by atoms with E-state index in [2.05, 4.69) is 10.6 Å². The van der Waals surface area contributed by atoms with Crippen molar-refractivity contribution in [2.75, 3.05) is 6.54 Å². The van der Waals surface area contributed by atoms with E-state index in [9.17, 15) is 9.59 Å². The van der Waals surface area contributed by atoms with E-state index in [4.69, 9.17) is 5.11 Å². The fraction of sp³-hybridized carbons (Fsp3) is 0.867. The molecule has 0 heterocycles. The first-order valence-corrected chi connectivity index (χ1v) is 7.81. The van der Waals surface area contributed by atoms with Crippen LogP contribution in [-0.2, 0) is 4.79 Å². The van der Waals surface area contributed by atoms with Crippen molar-refractivity contribution in [1.29, 1.82) is 0 Å². The molecule has 2 atom stereocenters. The van der Waals surface area contributed by atoms with Gasteiger partial charge in [-0.25, -0.2) is 9.59 Å². The van der Waals surface area contributed by atoms with E-state index in [1.807, 2.05) is 13.8 Å². The van der Waals surface area contributed by atoms with Crippen LogP contribution < -0.4 is 10.6 Å². The molecule has 1 rings (SSSR count). The van der Waals surface area contributed by atoms with Crippen molar-refractivity contribution < 1.29 is 14.7 Å². The highest BCUT2D eigenvalue weighted by atomic mass is 16.4. The molecular weight excluding hydrogens is 256 g/mol. The Balaban J connectivity index is 2.25. The molecule has 1 fully saturated rings. The molecule has 2 amide bonds. The number of carbonyl (C=O) groups is 2. The van der Waals surface area contributed by atoms with Crippen LogP contribution in [0.4, 0.5) is 4.79 Å². The van der Waals surface area contributed by atoms with Crippen LogP contribution in [-0.4, -0.2) is 29.7 Å². The Morgan fingerprint density at radius 3 is 2.45 bits per heavy atom. The minimum absolute atomic E-state index is 0.0726. The summed E-state index contributed by atoms with van der Waals surface area (Å²) < 4.78 is 0. The van der Waals surface area contributed by atoms with Crippen LogP contribution in [0.25, 0.3) is 0 Å². The van der Waals surface area contributed by atoms with Crippen molar-refractivity contribution >= 4 is 12.0 Å². The second-order valence-electron chi connectivity index (χ2n) is 5.89. The second-order valence-corrected chi connectivity index (χ2v) is 5.89. The van der Waals surface area contributed by atoms with Gasteiger partial charge in [0.1, 0.15) is 6.04 Å². The molecule has 1 aliphatic carbocycles. The molecule has 0 aromatic carbocycles. The van der Waals surface area contributed by atoms with Crippen molar-refractivity contribution in [3.05, 3.63) is 0 Å². The fourth-order valence-corrected chi connectivity index (χ4v) is 2.74. The minimum Gasteiger partial charge on any atom is -0.480 e. The normalized spacial score (nSPS) is 19.1. The quantitative estimate of drug-likeness (QED) is 0.672. The van der Waals surface area contributed by atoms with E-state index in [0.29, 0.717) is 12.5 Å². The summed E-state index contributed by atoms with van der Waals surface area (Å²) in [5.74, 6) is -0.327. The SMILES string of the molecule is CCC(C)C(NC(=O)NCCC1CCCCC1)C(=O)O. The molecule has 3 N–H and O–H groups in total. The summed E-state index contributed by atoms with van der Waals surface area (Å²) in [6.45, 7) is 4.38. The number of amides is 2. The van der Waals surface area contributed by atoms with Crippen molar-refractivity contribution in [2.45, 2.75) is 64.8 Å². The number of nitrogens with one attached hydrogen (secondary N) is 2. The molecule has 0 bridgehead atoms. The molecule has 1 aliphatic rings. The average Bonchev–Trinajstić information content (AvgIpc) is 2.45. The Bertz CT molecular complexity index is 314.